The Kier molecular flexibility index (Phi) is 7.47. The van der Waals surface area contributed by atoms with Crippen molar-refractivity contribution in [3.63, 3.8) is 0 Å². The van der Waals surface area contributed by atoms with Crippen LogP contribution in [-0.4, -0.2) is 80.4 Å². The Bertz CT molecular complexity index is 1060. The van der Waals surface area contributed by atoms with Gasteiger partial charge in [-0.1, -0.05) is 18.2 Å². The molecule has 0 radical (unpaired) electrons. The highest BCUT2D eigenvalue weighted by molar-refractivity contribution is 6.02. The first-order valence-electron chi connectivity index (χ1n) is 11.7. The van der Waals surface area contributed by atoms with E-state index in [0.29, 0.717) is 42.1 Å². The second-order valence-electron chi connectivity index (χ2n) is 8.78. The number of Topliss-reactive ketones (excluding diaryl/α,β-unsaturated/α-hetero) is 1. The molecule has 2 aromatic carbocycles. The molecule has 0 saturated carbocycles. The molecule has 0 unspecified atom stereocenters. The summed E-state index contributed by atoms with van der Waals surface area (Å²) in [4.78, 5) is 43.6. The van der Waals surface area contributed by atoms with E-state index in [-0.39, 0.29) is 30.8 Å². The highest BCUT2D eigenvalue weighted by atomic mass is 16.5. The summed E-state index contributed by atoms with van der Waals surface area (Å²) in [5.74, 6) is 0.973. The summed E-state index contributed by atoms with van der Waals surface area (Å²) < 4.78 is 11.3. The van der Waals surface area contributed by atoms with Crippen LogP contribution >= 0.6 is 0 Å². The summed E-state index contributed by atoms with van der Waals surface area (Å²) in [6.07, 6.45) is 0.928. The fourth-order valence-electron chi connectivity index (χ4n) is 4.17. The van der Waals surface area contributed by atoms with E-state index < -0.39 is 0 Å². The molecule has 8 nitrogen and oxygen atoms in total. The van der Waals surface area contributed by atoms with Gasteiger partial charge in [-0.3, -0.25) is 14.4 Å². The highest BCUT2D eigenvalue weighted by Gasteiger charge is 2.27. The molecule has 2 heterocycles. The molecular formula is C26H31N3O5. The molecule has 2 amide bonds. The molecule has 2 aliphatic rings. The molecule has 0 spiro atoms. The number of ether oxygens (including phenoxy) is 2. The number of nitrogens with zero attached hydrogens (tertiary/aromatic N) is 3. The quantitative estimate of drug-likeness (QED) is 0.558. The summed E-state index contributed by atoms with van der Waals surface area (Å²) in [7, 11) is 2.05. The number of fused-ring (bicyclic) bond motifs is 1. The maximum atomic E-state index is 12.8. The van der Waals surface area contributed by atoms with Crippen molar-refractivity contribution in [1.29, 1.82) is 0 Å². The minimum atomic E-state index is -0.186. The number of para-hydroxylation sites is 1. The largest absolute Gasteiger partial charge is 0.485 e. The van der Waals surface area contributed by atoms with Crippen molar-refractivity contribution in [2.75, 3.05) is 57.9 Å². The number of piperazine rings is 1. The first kappa shape index (κ1) is 23.8. The monoisotopic (exact) mass is 465 g/mol. The van der Waals surface area contributed by atoms with Gasteiger partial charge in [-0.05, 0) is 50.2 Å². The second kappa shape index (κ2) is 10.7. The number of carbonyl (C=O) groups excluding carboxylic acids is 3. The summed E-state index contributed by atoms with van der Waals surface area (Å²) in [5.41, 5.74) is 1.96. The molecule has 0 aliphatic carbocycles. The SMILES string of the molecule is Cc1ccccc1OCC(=O)c1ccc2c(c1)N(CCCC(=O)N1CCN(C)CC1)C(=O)CO2. The van der Waals surface area contributed by atoms with Crippen LogP contribution in [-0.2, 0) is 9.59 Å². The lowest BCUT2D eigenvalue weighted by Crippen LogP contribution is -2.47. The molecule has 2 aromatic rings. The Labute approximate surface area is 200 Å². The molecule has 0 atom stereocenters. The van der Waals surface area contributed by atoms with Gasteiger partial charge < -0.3 is 24.2 Å². The maximum absolute atomic E-state index is 12.8. The van der Waals surface area contributed by atoms with Crippen LogP contribution in [0.15, 0.2) is 42.5 Å². The van der Waals surface area contributed by atoms with Gasteiger partial charge in [0.25, 0.3) is 5.91 Å². The lowest BCUT2D eigenvalue weighted by atomic mass is 10.1. The molecule has 1 saturated heterocycles. The molecule has 0 N–H and O–H groups in total. The third kappa shape index (κ3) is 5.56. The predicted octanol–water partition coefficient (Wildman–Crippen LogP) is 2.54. The van der Waals surface area contributed by atoms with Gasteiger partial charge in [0.05, 0.1) is 5.69 Å². The number of hydrogen-bond acceptors (Lipinski definition) is 6. The van der Waals surface area contributed by atoms with Crippen LogP contribution < -0.4 is 14.4 Å². The topological polar surface area (TPSA) is 79.4 Å². The van der Waals surface area contributed by atoms with Crippen LogP contribution in [0, 0.1) is 6.92 Å². The van der Waals surface area contributed by atoms with Gasteiger partial charge in [-0.25, -0.2) is 0 Å². The van der Waals surface area contributed by atoms with Crippen molar-refractivity contribution in [2.24, 2.45) is 0 Å². The van der Waals surface area contributed by atoms with Gasteiger partial charge in [0.1, 0.15) is 11.5 Å². The lowest BCUT2D eigenvalue weighted by Gasteiger charge is -2.33. The fraction of sp³-hybridized carbons (Fsp3) is 0.423. The lowest BCUT2D eigenvalue weighted by molar-refractivity contribution is -0.133. The minimum Gasteiger partial charge on any atom is -0.485 e. The number of amides is 2. The summed E-state index contributed by atoms with van der Waals surface area (Å²) in [6, 6.07) is 12.6. The summed E-state index contributed by atoms with van der Waals surface area (Å²) in [6.45, 7) is 5.41. The van der Waals surface area contributed by atoms with Gasteiger partial charge in [0.15, 0.2) is 19.0 Å². The Morgan fingerprint density at radius 2 is 1.82 bits per heavy atom. The Morgan fingerprint density at radius 1 is 1.06 bits per heavy atom. The Morgan fingerprint density at radius 3 is 2.59 bits per heavy atom. The van der Waals surface area contributed by atoms with Crippen LogP contribution in [0.2, 0.25) is 0 Å². The smallest absolute Gasteiger partial charge is 0.265 e. The number of aryl methyl sites for hydroxylation is 1. The van der Waals surface area contributed by atoms with Gasteiger partial charge in [0.2, 0.25) is 5.91 Å². The van der Waals surface area contributed by atoms with E-state index in [1.807, 2.05) is 36.1 Å². The number of benzene rings is 2. The highest BCUT2D eigenvalue weighted by Crippen LogP contribution is 2.33. The van der Waals surface area contributed by atoms with E-state index in [2.05, 4.69) is 11.9 Å². The van der Waals surface area contributed by atoms with Gasteiger partial charge in [-0.2, -0.15) is 0 Å². The van der Waals surface area contributed by atoms with Crippen molar-refractivity contribution in [1.82, 2.24) is 9.80 Å². The molecule has 180 valence electrons. The van der Waals surface area contributed by atoms with E-state index in [4.69, 9.17) is 9.47 Å². The summed E-state index contributed by atoms with van der Waals surface area (Å²) >= 11 is 0. The van der Waals surface area contributed by atoms with Crippen LogP contribution in [0.4, 0.5) is 5.69 Å². The second-order valence-corrected chi connectivity index (χ2v) is 8.78. The Balaban J connectivity index is 1.38. The predicted molar refractivity (Wildman–Crippen MR) is 129 cm³/mol. The molecule has 4 rings (SSSR count). The first-order chi connectivity index (χ1) is 16.4. The van der Waals surface area contributed by atoms with Crippen molar-refractivity contribution < 1.29 is 23.9 Å². The zero-order valence-electron chi connectivity index (χ0n) is 19.8. The van der Waals surface area contributed by atoms with Crippen LogP contribution in [0.3, 0.4) is 0 Å². The fourth-order valence-corrected chi connectivity index (χ4v) is 4.17. The van der Waals surface area contributed by atoms with Gasteiger partial charge >= 0.3 is 0 Å². The zero-order valence-corrected chi connectivity index (χ0v) is 19.8. The average molecular weight is 466 g/mol. The van der Waals surface area contributed by atoms with Crippen molar-refractivity contribution >= 4 is 23.3 Å². The van der Waals surface area contributed by atoms with Gasteiger partial charge in [0, 0.05) is 44.7 Å². The Hall–Kier alpha value is -3.39. The van der Waals surface area contributed by atoms with E-state index in [0.717, 1.165) is 31.7 Å². The van der Waals surface area contributed by atoms with Crippen LogP contribution in [0.25, 0.3) is 0 Å². The van der Waals surface area contributed by atoms with E-state index >= 15 is 0 Å². The zero-order chi connectivity index (χ0) is 24.1. The number of rotatable bonds is 8. The molecule has 8 heteroatoms. The standard InChI is InChI=1S/C26H31N3O5/c1-19-6-3-4-7-23(19)33-17-22(30)20-9-10-24-21(16-20)29(26(32)18-34-24)11-5-8-25(31)28-14-12-27(2)13-15-28/h3-4,6-7,9-10,16H,5,8,11-15,17-18H2,1-2H3. The molecule has 34 heavy (non-hydrogen) atoms. The average Bonchev–Trinajstić information content (AvgIpc) is 2.84. The van der Waals surface area contributed by atoms with E-state index in [1.54, 1.807) is 23.1 Å². The van der Waals surface area contributed by atoms with Crippen molar-refractivity contribution in [2.45, 2.75) is 19.8 Å². The van der Waals surface area contributed by atoms with Crippen molar-refractivity contribution in [3.8, 4) is 11.5 Å². The molecule has 1 fully saturated rings. The maximum Gasteiger partial charge on any atom is 0.265 e. The summed E-state index contributed by atoms with van der Waals surface area (Å²) in [5, 5.41) is 0. The molecule has 0 aromatic heterocycles. The van der Waals surface area contributed by atoms with Gasteiger partial charge in [-0.15, -0.1) is 0 Å². The molecule has 2 aliphatic heterocycles. The molecule has 0 bridgehead atoms. The third-order valence-electron chi connectivity index (χ3n) is 6.30. The third-order valence-corrected chi connectivity index (χ3v) is 6.30. The van der Waals surface area contributed by atoms with Crippen LogP contribution in [0.1, 0.15) is 28.8 Å². The minimum absolute atomic E-state index is 0.0525. The number of ketones is 1. The normalized spacial score (nSPS) is 16.1. The van der Waals surface area contributed by atoms with Crippen molar-refractivity contribution in [3.05, 3.63) is 53.6 Å². The van der Waals surface area contributed by atoms with Crippen LogP contribution in [0.5, 0.6) is 11.5 Å². The number of hydrogen-bond donors (Lipinski definition) is 0. The van der Waals surface area contributed by atoms with E-state index in [1.165, 1.54) is 0 Å². The molecular weight excluding hydrogens is 434 g/mol. The number of carbonyl (C=O) groups is 3. The number of likely N-dealkylation sites (N-methyl/N-ethyl adjacent to an activating group) is 1. The van der Waals surface area contributed by atoms with E-state index in [9.17, 15) is 14.4 Å². The number of anilines is 1. The first-order valence-corrected chi connectivity index (χ1v) is 11.7.